The highest BCUT2D eigenvalue weighted by Crippen LogP contribution is 2.25. The van der Waals surface area contributed by atoms with Crippen molar-refractivity contribution in [2.75, 3.05) is 19.7 Å². The lowest BCUT2D eigenvalue weighted by Gasteiger charge is -2.21. The van der Waals surface area contributed by atoms with E-state index in [1.54, 1.807) is 0 Å². The molecular formula is C12H21NO2. The second-order valence-electron chi connectivity index (χ2n) is 4.82. The van der Waals surface area contributed by atoms with Crippen LogP contribution in [-0.2, 0) is 9.53 Å². The van der Waals surface area contributed by atoms with Crippen molar-refractivity contribution in [2.24, 2.45) is 11.8 Å². The number of carbonyl (C=O) groups excluding carboxylic acids is 1. The first-order valence-corrected chi connectivity index (χ1v) is 6.23. The van der Waals surface area contributed by atoms with E-state index in [0.717, 1.165) is 25.9 Å². The Morgan fingerprint density at radius 1 is 1.20 bits per heavy atom. The molecule has 0 unspecified atom stereocenters. The lowest BCUT2D eigenvalue weighted by molar-refractivity contribution is -0.150. The van der Waals surface area contributed by atoms with Crippen LogP contribution in [0.25, 0.3) is 0 Å². The van der Waals surface area contributed by atoms with Gasteiger partial charge in [-0.05, 0) is 38.1 Å². The normalized spacial score (nSPS) is 27.9. The van der Waals surface area contributed by atoms with Crippen LogP contribution in [-0.4, -0.2) is 25.7 Å². The summed E-state index contributed by atoms with van der Waals surface area (Å²) in [5.41, 5.74) is 0. The fourth-order valence-corrected chi connectivity index (χ4v) is 2.55. The van der Waals surface area contributed by atoms with E-state index >= 15 is 0 Å². The summed E-state index contributed by atoms with van der Waals surface area (Å²) in [4.78, 5) is 11.7. The first kappa shape index (κ1) is 10.9. The average molecular weight is 211 g/mol. The number of carbonyl (C=O) groups is 1. The van der Waals surface area contributed by atoms with Gasteiger partial charge in [-0.25, -0.2) is 0 Å². The summed E-state index contributed by atoms with van der Waals surface area (Å²) < 4.78 is 5.39. The van der Waals surface area contributed by atoms with E-state index in [0.29, 0.717) is 12.5 Å². The van der Waals surface area contributed by atoms with Gasteiger partial charge in [-0.15, -0.1) is 0 Å². The van der Waals surface area contributed by atoms with Gasteiger partial charge in [-0.3, -0.25) is 4.79 Å². The van der Waals surface area contributed by atoms with Crippen molar-refractivity contribution < 1.29 is 9.53 Å². The highest BCUT2D eigenvalue weighted by Gasteiger charge is 2.24. The quantitative estimate of drug-likeness (QED) is 0.722. The summed E-state index contributed by atoms with van der Waals surface area (Å²) in [6, 6.07) is 0. The molecule has 15 heavy (non-hydrogen) atoms. The standard InChI is InChI=1S/C12H21NO2/c14-12(11-6-3-7-13-8-11)15-9-10-4-1-2-5-10/h10-11,13H,1-9H2/t11-/m1/s1. The molecule has 1 atom stereocenters. The van der Waals surface area contributed by atoms with Crippen LogP contribution in [0.15, 0.2) is 0 Å². The molecule has 2 aliphatic rings. The smallest absolute Gasteiger partial charge is 0.310 e. The summed E-state index contributed by atoms with van der Waals surface area (Å²) >= 11 is 0. The molecule has 0 radical (unpaired) electrons. The van der Waals surface area contributed by atoms with Gasteiger partial charge in [-0.1, -0.05) is 12.8 Å². The Bertz CT molecular complexity index is 206. The van der Waals surface area contributed by atoms with Crippen molar-refractivity contribution in [3.8, 4) is 0 Å². The minimum atomic E-state index is 0.0223. The molecule has 1 saturated heterocycles. The number of hydrogen-bond acceptors (Lipinski definition) is 3. The molecule has 0 amide bonds. The molecule has 1 aliphatic carbocycles. The van der Waals surface area contributed by atoms with Gasteiger partial charge in [0.2, 0.25) is 0 Å². The molecule has 3 heteroatoms. The van der Waals surface area contributed by atoms with E-state index < -0.39 is 0 Å². The summed E-state index contributed by atoms with van der Waals surface area (Å²) in [7, 11) is 0. The second kappa shape index (κ2) is 5.50. The van der Waals surface area contributed by atoms with E-state index in [1.807, 2.05) is 0 Å². The van der Waals surface area contributed by atoms with Crippen LogP contribution < -0.4 is 5.32 Å². The highest BCUT2D eigenvalue weighted by molar-refractivity contribution is 5.72. The fraction of sp³-hybridized carbons (Fsp3) is 0.917. The molecule has 2 fully saturated rings. The van der Waals surface area contributed by atoms with E-state index in [9.17, 15) is 4.79 Å². The molecule has 0 bridgehead atoms. The van der Waals surface area contributed by atoms with Crippen LogP contribution in [0.3, 0.4) is 0 Å². The zero-order valence-electron chi connectivity index (χ0n) is 9.34. The van der Waals surface area contributed by atoms with Crippen LogP contribution in [0.5, 0.6) is 0 Å². The maximum absolute atomic E-state index is 11.7. The lowest BCUT2D eigenvalue weighted by atomic mass is 10.00. The third kappa shape index (κ3) is 3.20. The summed E-state index contributed by atoms with van der Waals surface area (Å²) in [6.45, 7) is 2.52. The SMILES string of the molecule is O=C(OCC1CCCC1)[C@@H]1CCCNC1. The Balaban J connectivity index is 1.66. The van der Waals surface area contributed by atoms with Crippen molar-refractivity contribution in [3.05, 3.63) is 0 Å². The van der Waals surface area contributed by atoms with E-state index in [1.165, 1.54) is 25.7 Å². The Kier molecular flexibility index (Phi) is 4.01. The molecule has 1 aliphatic heterocycles. The number of rotatable bonds is 3. The van der Waals surface area contributed by atoms with Crippen molar-refractivity contribution in [2.45, 2.75) is 38.5 Å². The number of esters is 1. The van der Waals surface area contributed by atoms with Gasteiger partial charge in [-0.2, -0.15) is 0 Å². The molecule has 1 heterocycles. The first-order chi connectivity index (χ1) is 7.36. The predicted octanol–water partition coefficient (Wildman–Crippen LogP) is 1.72. The highest BCUT2D eigenvalue weighted by atomic mass is 16.5. The Morgan fingerprint density at radius 2 is 2.00 bits per heavy atom. The van der Waals surface area contributed by atoms with Crippen LogP contribution in [0.2, 0.25) is 0 Å². The fourth-order valence-electron chi connectivity index (χ4n) is 2.55. The van der Waals surface area contributed by atoms with Crippen molar-refractivity contribution in [3.63, 3.8) is 0 Å². The van der Waals surface area contributed by atoms with E-state index in [2.05, 4.69) is 5.32 Å². The molecule has 86 valence electrons. The van der Waals surface area contributed by atoms with Gasteiger partial charge in [0.05, 0.1) is 12.5 Å². The second-order valence-corrected chi connectivity index (χ2v) is 4.82. The molecule has 0 aromatic rings. The summed E-state index contributed by atoms with van der Waals surface area (Å²) in [6.07, 6.45) is 7.21. The third-order valence-corrected chi connectivity index (χ3v) is 3.57. The molecule has 1 N–H and O–H groups in total. The van der Waals surface area contributed by atoms with Gasteiger partial charge in [0, 0.05) is 6.54 Å². The van der Waals surface area contributed by atoms with Crippen LogP contribution in [0.1, 0.15) is 38.5 Å². The van der Waals surface area contributed by atoms with Gasteiger partial charge < -0.3 is 10.1 Å². The predicted molar refractivity (Wildman–Crippen MR) is 58.5 cm³/mol. The van der Waals surface area contributed by atoms with Crippen molar-refractivity contribution >= 4 is 5.97 Å². The van der Waals surface area contributed by atoms with E-state index in [4.69, 9.17) is 4.74 Å². The minimum absolute atomic E-state index is 0.0223. The molecule has 2 rings (SSSR count). The molecule has 0 spiro atoms. The summed E-state index contributed by atoms with van der Waals surface area (Å²) in [5.74, 6) is 0.778. The molecule has 3 nitrogen and oxygen atoms in total. The Morgan fingerprint density at radius 3 is 2.67 bits per heavy atom. The number of piperidine rings is 1. The number of ether oxygens (including phenoxy) is 1. The lowest BCUT2D eigenvalue weighted by Crippen LogP contribution is -2.35. The van der Waals surface area contributed by atoms with Gasteiger partial charge in [0.1, 0.15) is 0 Å². The number of hydrogen-bond donors (Lipinski definition) is 1. The Hall–Kier alpha value is -0.570. The van der Waals surface area contributed by atoms with Crippen LogP contribution >= 0.6 is 0 Å². The Labute approximate surface area is 91.6 Å². The van der Waals surface area contributed by atoms with Gasteiger partial charge in [0.15, 0.2) is 0 Å². The third-order valence-electron chi connectivity index (χ3n) is 3.57. The first-order valence-electron chi connectivity index (χ1n) is 6.23. The maximum Gasteiger partial charge on any atom is 0.310 e. The monoisotopic (exact) mass is 211 g/mol. The van der Waals surface area contributed by atoms with Crippen LogP contribution in [0.4, 0.5) is 0 Å². The van der Waals surface area contributed by atoms with Crippen LogP contribution in [0, 0.1) is 11.8 Å². The van der Waals surface area contributed by atoms with Crippen molar-refractivity contribution in [1.82, 2.24) is 5.32 Å². The van der Waals surface area contributed by atoms with Gasteiger partial charge in [0.25, 0.3) is 0 Å². The molecule has 0 aromatic carbocycles. The topological polar surface area (TPSA) is 38.3 Å². The molecule has 1 saturated carbocycles. The summed E-state index contributed by atoms with van der Waals surface area (Å²) in [5, 5.41) is 3.24. The minimum Gasteiger partial charge on any atom is -0.465 e. The molecule has 0 aromatic heterocycles. The zero-order valence-corrected chi connectivity index (χ0v) is 9.34. The maximum atomic E-state index is 11.7. The zero-order chi connectivity index (χ0) is 10.5. The largest absolute Gasteiger partial charge is 0.465 e. The van der Waals surface area contributed by atoms with Crippen molar-refractivity contribution in [1.29, 1.82) is 0 Å². The number of nitrogens with one attached hydrogen (secondary N) is 1. The average Bonchev–Trinajstić information content (AvgIpc) is 2.80. The van der Waals surface area contributed by atoms with E-state index in [-0.39, 0.29) is 11.9 Å². The molecular weight excluding hydrogens is 190 g/mol. The van der Waals surface area contributed by atoms with Gasteiger partial charge >= 0.3 is 5.97 Å².